The highest BCUT2D eigenvalue weighted by Gasteiger charge is 2.27. The van der Waals surface area contributed by atoms with E-state index in [1.165, 1.54) is 31.6 Å². The number of nitrogens with one attached hydrogen (secondary N) is 1. The SMILES string of the molecule is COc1ccccc1Oc1c(NS(=O)(=O)c2ccc(C(C)(C)C)cc2)nc(-c2ncccn2)nc1OCCOC(=O)CCCC(CON(O)O)ON(O)O. The van der Waals surface area contributed by atoms with Crippen LogP contribution < -0.4 is 18.9 Å². The molecule has 54 heavy (non-hydrogen) atoms. The van der Waals surface area contributed by atoms with Crippen LogP contribution in [0.15, 0.2) is 71.9 Å². The maximum absolute atomic E-state index is 13.8. The first-order valence-corrected chi connectivity index (χ1v) is 17.7. The van der Waals surface area contributed by atoms with Gasteiger partial charge in [-0.25, -0.2) is 33.0 Å². The minimum Gasteiger partial charge on any atom is -0.493 e. The van der Waals surface area contributed by atoms with E-state index in [2.05, 4.69) is 34.3 Å². The van der Waals surface area contributed by atoms with E-state index in [1.54, 1.807) is 42.5 Å². The summed E-state index contributed by atoms with van der Waals surface area (Å²) in [4.78, 5) is 38.7. The first-order valence-electron chi connectivity index (χ1n) is 16.2. The number of rotatable bonds is 20. The number of nitrogens with zero attached hydrogens (tertiary/aromatic N) is 6. The Kier molecular flexibility index (Phi) is 14.9. The van der Waals surface area contributed by atoms with Crippen LogP contribution in [0.25, 0.3) is 11.6 Å². The number of sulfonamides is 1. The molecule has 0 bridgehead atoms. The Bertz CT molecular complexity index is 1910. The van der Waals surface area contributed by atoms with Crippen LogP contribution in [-0.2, 0) is 34.6 Å². The first kappa shape index (κ1) is 41.7. The average Bonchev–Trinajstić information content (AvgIpc) is 3.13. The lowest BCUT2D eigenvalue weighted by atomic mass is 9.87. The van der Waals surface area contributed by atoms with Gasteiger partial charge in [-0.15, -0.1) is 0 Å². The summed E-state index contributed by atoms with van der Waals surface area (Å²) >= 11 is 0. The van der Waals surface area contributed by atoms with Crippen molar-refractivity contribution in [3.8, 4) is 34.8 Å². The molecule has 0 saturated heterocycles. The van der Waals surface area contributed by atoms with Gasteiger partial charge in [-0.1, -0.05) is 45.0 Å². The van der Waals surface area contributed by atoms with Crippen molar-refractivity contribution in [1.29, 1.82) is 0 Å². The fourth-order valence-corrected chi connectivity index (χ4v) is 5.63. The highest BCUT2D eigenvalue weighted by atomic mass is 32.2. The Morgan fingerprint density at radius 2 is 1.57 bits per heavy atom. The molecule has 21 heteroatoms. The van der Waals surface area contributed by atoms with E-state index in [-0.39, 0.29) is 77.6 Å². The molecule has 20 nitrogen and oxygen atoms in total. The molecule has 1 unspecified atom stereocenters. The van der Waals surface area contributed by atoms with Gasteiger partial charge in [0.05, 0.1) is 22.8 Å². The maximum atomic E-state index is 13.8. The average molecular weight is 776 g/mol. The third kappa shape index (κ3) is 12.5. The number of para-hydroxylation sites is 2. The monoisotopic (exact) mass is 775 g/mol. The van der Waals surface area contributed by atoms with E-state index in [0.29, 0.717) is 5.75 Å². The fraction of sp³-hybridized carbons (Fsp3) is 0.364. The molecule has 1 atom stereocenters. The predicted octanol–water partition coefficient (Wildman–Crippen LogP) is 4.32. The van der Waals surface area contributed by atoms with Crippen molar-refractivity contribution >= 4 is 21.8 Å². The van der Waals surface area contributed by atoms with Crippen LogP contribution in [0.5, 0.6) is 23.1 Å². The number of esters is 1. The molecule has 2 aromatic heterocycles. The van der Waals surface area contributed by atoms with E-state index in [4.69, 9.17) is 39.8 Å². The molecule has 4 aromatic rings. The zero-order valence-electron chi connectivity index (χ0n) is 29.7. The number of benzene rings is 2. The van der Waals surface area contributed by atoms with E-state index in [0.717, 1.165) is 5.56 Å². The van der Waals surface area contributed by atoms with Gasteiger partial charge in [0.2, 0.25) is 11.6 Å². The zero-order valence-corrected chi connectivity index (χ0v) is 30.5. The molecule has 0 amide bonds. The van der Waals surface area contributed by atoms with Crippen molar-refractivity contribution < 1.29 is 62.7 Å². The summed E-state index contributed by atoms with van der Waals surface area (Å²) in [6.45, 7) is 4.95. The number of anilines is 1. The maximum Gasteiger partial charge on any atom is 0.305 e. The van der Waals surface area contributed by atoms with Gasteiger partial charge in [0.15, 0.2) is 23.1 Å². The first-order chi connectivity index (χ1) is 25.7. The number of hydrogen-bond acceptors (Lipinski definition) is 19. The van der Waals surface area contributed by atoms with E-state index >= 15 is 0 Å². The van der Waals surface area contributed by atoms with E-state index in [1.807, 2.05) is 20.8 Å². The molecule has 5 N–H and O–H groups in total. The molecule has 0 fully saturated rings. The topological polar surface area (TPSA) is 258 Å². The summed E-state index contributed by atoms with van der Waals surface area (Å²) in [5.41, 5.74) is 0.707. The van der Waals surface area contributed by atoms with Crippen LogP contribution >= 0.6 is 0 Å². The summed E-state index contributed by atoms with van der Waals surface area (Å²) in [5.74, 6) is -1.10. The molecule has 2 aromatic carbocycles. The lowest BCUT2D eigenvalue weighted by molar-refractivity contribution is -0.527. The van der Waals surface area contributed by atoms with Gasteiger partial charge in [0.1, 0.15) is 25.9 Å². The van der Waals surface area contributed by atoms with Crippen molar-refractivity contribution in [3.63, 3.8) is 0 Å². The van der Waals surface area contributed by atoms with E-state index < -0.39 is 39.5 Å². The van der Waals surface area contributed by atoms with Gasteiger partial charge in [-0.05, 0) is 54.2 Å². The van der Waals surface area contributed by atoms with Crippen molar-refractivity contribution in [2.75, 3.05) is 31.7 Å². The largest absolute Gasteiger partial charge is 0.493 e. The van der Waals surface area contributed by atoms with Gasteiger partial charge in [-0.2, -0.15) is 4.98 Å². The Labute approximate surface area is 310 Å². The highest BCUT2D eigenvalue weighted by molar-refractivity contribution is 7.92. The lowest BCUT2D eigenvalue weighted by Gasteiger charge is -2.20. The molecule has 292 valence electrons. The zero-order chi connectivity index (χ0) is 39.3. The molecule has 0 aliphatic carbocycles. The molecular formula is C33H41N7O13S. The summed E-state index contributed by atoms with van der Waals surface area (Å²) in [7, 11) is -2.85. The van der Waals surface area contributed by atoms with Crippen LogP contribution in [0, 0.1) is 0 Å². The second-order valence-electron chi connectivity index (χ2n) is 12.2. The number of carbonyl (C=O) groups is 1. The second kappa shape index (κ2) is 19.3. The van der Waals surface area contributed by atoms with Gasteiger partial charge in [0, 0.05) is 18.8 Å². The summed E-state index contributed by atoms with van der Waals surface area (Å²) in [6.07, 6.45) is 1.81. The van der Waals surface area contributed by atoms with Gasteiger partial charge < -0.3 is 18.9 Å². The Balaban J connectivity index is 1.59. The van der Waals surface area contributed by atoms with Gasteiger partial charge >= 0.3 is 5.97 Å². The number of aromatic nitrogens is 4. The molecule has 4 rings (SSSR count). The third-order valence-electron chi connectivity index (χ3n) is 7.25. The van der Waals surface area contributed by atoms with Crippen molar-refractivity contribution in [1.82, 2.24) is 30.7 Å². The predicted molar refractivity (Wildman–Crippen MR) is 184 cm³/mol. The lowest BCUT2D eigenvalue weighted by Crippen LogP contribution is -2.31. The number of carbonyl (C=O) groups excluding carboxylic acids is 1. The minimum atomic E-state index is -4.28. The molecule has 0 saturated carbocycles. The Morgan fingerprint density at radius 3 is 2.20 bits per heavy atom. The number of ether oxygens (including phenoxy) is 4. The normalized spacial score (nSPS) is 12.4. The fourth-order valence-electron chi connectivity index (χ4n) is 4.63. The summed E-state index contributed by atoms with van der Waals surface area (Å²) in [5, 5.41) is 34.1. The highest BCUT2D eigenvalue weighted by Crippen LogP contribution is 2.41. The molecule has 0 radical (unpaired) electrons. The van der Waals surface area contributed by atoms with Crippen molar-refractivity contribution in [2.45, 2.75) is 56.4 Å². The molecular weight excluding hydrogens is 734 g/mol. The van der Waals surface area contributed by atoms with Crippen molar-refractivity contribution in [3.05, 3.63) is 72.6 Å². The Morgan fingerprint density at radius 1 is 0.889 bits per heavy atom. The summed E-state index contributed by atoms with van der Waals surface area (Å²) < 4.78 is 52.8. The molecule has 0 aliphatic rings. The van der Waals surface area contributed by atoms with Crippen LogP contribution in [0.4, 0.5) is 5.82 Å². The van der Waals surface area contributed by atoms with Crippen LogP contribution in [0.3, 0.4) is 0 Å². The summed E-state index contributed by atoms with van der Waals surface area (Å²) in [6, 6.07) is 14.6. The molecule has 0 spiro atoms. The van der Waals surface area contributed by atoms with Gasteiger partial charge in [0.25, 0.3) is 15.9 Å². The van der Waals surface area contributed by atoms with Crippen LogP contribution in [0.2, 0.25) is 0 Å². The molecule has 0 aliphatic heterocycles. The number of methoxy groups -OCH3 is 1. The second-order valence-corrected chi connectivity index (χ2v) is 13.9. The standard InChI is InChI=1S/C33H41N7O13S/c1-33(2,3)22-13-15-24(16-14-22)54(46,47)38-29-28(52-26-11-6-5-10-25(26)48-4)32(37-31(36-29)30-34-17-8-18-35-30)50-20-19-49-27(41)12-7-9-23(53-40(44)45)21-51-39(42)43/h5-6,8,10-11,13-18,23,42-45H,7,9,12,19-21H2,1-4H3,(H,36,37,38). The smallest absolute Gasteiger partial charge is 0.305 e. The Hall–Kier alpha value is -5.10. The van der Waals surface area contributed by atoms with E-state index in [9.17, 15) is 13.2 Å². The van der Waals surface area contributed by atoms with Gasteiger partial charge in [-0.3, -0.25) is 30.3 Å². The number of hydrogen-bond donors (Lipinski definition) is 5. The van der Waals surface area contributed by atoms with Crippen molar-refractivity contribution in [2.24, 2.45) is 0 Å². The molecule has 2 heterocycles. The van der Waals surface area contributed by atoms with Crippen LogP contribution in [0.1, 0.15) is 45.6 Å². The van der Waals surface area contributed by atoms with Crippen LogP contribution in [-0.4, -0.2) is 99.0 Å². The third-order valence-corrected chi connectivity index (χ3v) is 8.61. The quantitative estimate of drug-likeness (QED) is 0.0476. The minimum absolute atomic E-state index is 0.0192.